The smallest absolute Gasteiger partial charge is 0.310 e. The molecule has 1 atom stereocenters. The lowest BCUT2D eigenvalue weighted by Crippen LogP contribution is -2.56. The summed E-state index contributed by atoms with van der Waals surface area (Å²) in [7, 11) is -1.35. The van der Waals surface area contributed by atoms with Crippen LogP contribution in [0.15, 0.2) is 48.8 Å². The number of carbonyl (C=O) groups is 1. The Morgan fingerprint density at radius 1 is 1.28 bits per heavy atom. The second kappa shape index (κ2) is 7.48. The first kappa shape index (κ1) is 21.0. The maximum absolute atomic E-state index is 14.1. The Balaban J connectivity index is 3.31. The fraction of sp³-hybridized carbons (Fsp3) is 0.312. The van der Waals surface area contributed by atoms with Gasteiger partial charge in [0.1, 0.15) is 8.07 Å². The largest absolute Gasteiger partial charge is 0.458 e. The van der Waals surface area contributed by atoms with Gasteiger partial charge in [0.2, 0.25) is 0 Å². The zero-order chi connectivity index (χ0) is 19.5. The Morgan fingerprint density at radius 3 is 2.28 bits per heavy atom. The minimum absolute atomic E-state index is 0.00124. The van der Waals surface area contributed by atoms with Crippen molar-refractivity contribution in [2.45, 2.75) is 18.6 Å². The molecule has 9 heteroatoms. The van der Waals surface area contributed by atoms with E-state index in [2.05, 4.69) is 17.9 Å². The van der Waals surface area contributed by atoms with Gasteiger partial charge in [-0.15, -0.1) is 13.2 Å². The lowest BCUT2D eigenvalue weighted by atomic mass is 10.2. The third kappa shape index (κ3) is 3.98. The average Bonchev–Trinajstić information content (AvgIpc) is 2.58. The van der Waals surface area contributed by atoms with Crippen molar-refractivity contribution in [3.8, 4) is 0 Å². The molecule has 0 spiro atoms. The molecule has 3 nitrogen and oxygen atoms in total. The topological polar surface area (TPSA) is 29.5 Å². The monoisotopic (exact) mass is 379 g/mol. The summed E-state index contributed by atoms with van der Waals surface area (Å²) in [6.45, 7) is 7.23. The van der Waals surface area contributed by atoms with E-state index in [9.17, 15) is 26.7 Å². The first-order valence-electron chi connectivity index (χ1n) is 7.08. The van der Waals surface area contributed by atoms with Gasteiger partial charge in [0.15, 0.2) is 6.86 Å². The van der Waals surface area contributed by atoms with Crippen molar-refractivity contribution in [3.63, 3.8) is 0 Å². The van der Waals surface area contributed by atoms with Crippen LogP contribution in [-0.2, 0) is 9.53 Å². The van der Waals surface area contributed by atoms with Crippen LogP contribution in [-0.4, -0.2) is 39.9 Å². The first-order chi connectivity index (χ1) is 11.5. The molecule has 0 saturated carbocycles. The lowest BCUT2D eigenvalue weighted by molar-refractivity contribution is -0.321. The van der Waals surface area contributed by atoms with E-state index < -0.39 is 32.9 Å². The second-order valence-corrected chi connectivity index (χ2v) is 9.41. The van der Waals surface area contributed by atoms with E-state index in [1.165, 1.54) is 18.2 Å². The fourth-order valence-corrected chi connectivity index (χ4v) is 3.59. The Bertz CT molecular complexity index is 656. The van der Waals surface area contributed by atoms with Gasteiger partial charge in [-0.3, -0.25) is 9.53 Å². The van der Waals surface area contributed by atoms with Crippen LogP contribution in [0.4, 0.5) is 27.6 Å². The van der Waals surface area contributed by atoms with E-state index in [0.717, 1.165) is 7.05 Å². The molecule has 0 bridgehead atoms. The van der Waals surface area contributed by atoms with E-state index >= 15 is 0 Å². The van der Waals surface area contributed by atoms with Crippen molar-refractivity contribution in [2.75, 3.05) is 18.8 Å². The molecule has 0 saturated heterocycles. The van der Waals surface area contributed by atoms with Gasteiger partial charge in [0, 0.05) is 12.7 Å². The predicted molar refractivity (Wildman–Crippen MR) is 88.5 cm³/mol. The maximum Gasteiger partial charge on any atom is 0.458 e. The minimum Gasteiger partial charge on any atom is -0.310 e. The van der Waals surface area contributed by atoms with E-state index in [0.29, 0.717) is 10.1 Å². The SMILES string of the molecule is C=C[Si](C)(C=C)c1cccc(N(C)C(=O)C(F)(OCF)C(F)(F)F)c1. The Hall–Kier alpha value is -2.00. The standard InChI is InChI=1S/C16H18F5NO2Si/c1-5-25(4,6-2)13-9-7-8-12(10-13)22(3)14(23)15(18,24-11-17)16(19,20)21/h5-10H,1-2,11H2,3-4H3. The maximum atomic E-state index is 14.1. The van der Waals surface area contributed by atoms with Crippen molar-refractivity contribution < 1.29 is 31.5 Å². The van der Waals surface area contributed by atoms with E-state index in [4.69, 9.17) is 0 Å². The number of ether oxygens (including phenoxy) is 1. The molecular formula is C16H18F5NO2Si. The molecule has 0 aliphatic rings. The molecule has 1 rings (SSSR count). The van der Waals surface area contributed by atoms with Gasteiger partial charge >= 0.3 is 17.9 Å². The number of nitrogens with zero attached hydrogens (tertiary/aromatic N) is 1. The number of likely N-dealkylation sites (N-methyl/N-ethyl adjacent to an activating group) is 1. The minimum atomic E-state index is -5.73. The summed E-state index contributed by atoms with van der Waals surface area (Å²) in [6, 6.07) is 5.99. The molecule has 0 aromatic heterocycles. The fourth-order valence-electron chi connectivity index (χ4n) is 2.04. The number of amides is 1. The molecule has 0 N–H and O–H groups in total. The highest BCUT2D eigenvalue weighted by atomic mass is 28.3. The quantitative estimate of drug-likeness (QED) is 0.536. The van der Waals surface area contributed by atoms with Gasteiger partial charge in [0.25, 0.3) is 0 Å². The van der Waals surface area contributed by atoms with Crippen LogP contribution in [0, 0.1) is 0 Å². The molecular weight excluding hydrogens is 361 g/mol. The summed E-state index contributed by atoms with van der Waals surface area (Å²) in [5.41, 5.74) is 3.39. The van der Waals surface area contributed by atoms with Crippen LogP contribution in [0.3, 0.4) is 0 Å². The Labute approximate surface area is 143 Å². The molecule has 1 aromatic carbocycles. The number of benzene rings is 1. The molecule has 0 heterocycles. The van der Waals surface area contributed by atoms with Crippen LogP contribution >= 0.6 is 0 Å². The van der Waals surface area contributed by atoms with Crippen molar-refractivity contribution in [1.29, 1.82) is 0 Å². The van der Waals surface area contributed by atoms with E-state index in [1.54, 1.807) is 17.5 Å². The second-order valence-electron chi connectivity index (χ2n) is 5.45. The molecule has 138 valence electrons. The highest BCUT2D eigenvalue weighted by Crippen LogP contribution is 2.37. The van der Waals surface area contributed by atoms with Gasteiger partial charge < -0.3 is 4.90 Å². The lowest BCUT2D eigenvalue weighted by Gasteiger charge is -2.30. The average molecular weight is 379 g/mol. The van der Waals surface area contributed by atoms with Gasteiger partial charge in [0.05, 0.1) is 0 Å². The van der Waals surface area contributed by atoms with Gasteiger partial charge in [-0.25, -0.2) is 4.39 Å². The summed E-state index contributed by atoms with van der Waals surface area (Å²) < 4.78 is 68.4. The summed E-state index contributed by atoms with van der Waals surface area (Å²) >= 11 is 0. The van der Waals surface area contributed by atoms with Crippen molar-refractivity contribution >= 4 is 24.9 Å². The Morgan fingerprint density at radius 2 is 1.84 bits per heavy atom. The molecule has 0 radical (unpaired) electrons. The predicted octanol–water partition coefficient (Wildman–Crippen LogP) is 3.56. The first-order valence-corrected chi connectivity index (χ1v) is 9.73. The van der Waals surface area contributed by atoms with Crippen LogP contribution in [0.25, 0.3) is 0 Å². The summed E-state index contributed by atoms with van der Waals surface area (Å²) in [5.74, 6) is -6.85. The molecule has 0 aliphatic carbocycles. The van der Waals surface area contributed by atoms with Gasteiger partial charge in [-0.05, 0) is 17.3 Å². The number of hydrogen-bond donors (Lipinski definition) is 0. The number of carbonyl (C=O) groups excluding carboxylic acids is 1. The third-order valence-electron chi connectivity index (χ3n) is 3.90. The Kier molecular flexibility index (Phi) is 6.30. The number of anilines is 1. The molecule has 25 heavy (non-hydrogen) atoms. The zero-order valence-corrected chi connectivity index (χ0v) is 14.7. The van der Waals surface area contributed by atoms with Crippen LogP contribution in [0.2, 0.25) is 6.55 Å². The zero-order valence-electron chi connectivity index (χ0n) is 13.7. The van der Waals surface area contributed by atoms with Crippen molar-refractivity contribution in [1.82, 2.24) is 0 Å². The normalized spacial score (nSPS) is 14.5. The molecule has 0 aliphatic heterocycles. The van der Waals surface area contributed by atoms with Crippen LogP contribution < -0.4 is 10.1 Å². The highest BCUT2D eigenvalue weighted by Gasteiger charge is 2.65. The number of rotatable bonds is 7. The third-order valence-corrected chi connectivity index (χ3v) is 7.15. The summed E-state index contributed by atoms with van der Waals surface area (Å²) in [5, 5.41) is 0.706. The molecule has 1 unspecified atom stereocenters. The highest BCUT2D eigenvalue weighted by molar-refractivity contribution is 6.98. The van der Waals surface area contributed by atoms with Gasteiger partial charge in [-0.2, -0.15) is 17.6 Å². The molecule has 1 amide bonds. The van der Waals surface area contributed by atoms with E-state index in [1.807, 2.05) is 6.55 Å². The van der Waals surface area contributed by atoms with Gasteiger partial charge in [-0.1, -0.05) is 30.1 Å². The molecule has 1 aromatic rings. The number of halogens is 5. The van der Waals surface area contributed by atoms with Crippen LogP contribution in [0.1, 0.15) is 0 Å². The molecule has 0 fully saturated rings. The number of hydrogen-bond acceptors (Lipinski definition) is 2. The van der Waals surface area contributed by atoms with Crippen molar-refractivity contribution in [2.24, 2.45) is 0 Å². The summed E-state index contributed by atoms with van der Waals surface area (Å²) in [6.07, 6.45) is -5.73. The van der Waals surface area contributed by atoms with Crippen molar-refractivity contribution in [3.05, 3.63) is 48.8 Å². The van der Waals surface area contributed by atoms with Crippen LogP contribution in [0.5, 0.6) is 0 Å². The summed E-state index contributed by atoms with van der Waals surface area (Å²) in [4.78, 5) is 12.5. The van der Waals surface area contributed by atoms with E-state index in [-0.39, 0.29) is 5.69 Å². The number of alkyl halides is 5.